The minimum Gasteiger partial charge on any atom is -0.444 e. The highest BCUT2D eigenvalue weighted by Gasteiger charge is 2.16. The van der Waals surface area contributed by atoms with Crippen molar-refractivity contribution in [3.8, 4) is 6.07 Å². The van der Waals surface area contributed by atoms with Gasteiger partial charge in [0, 0.05) is 13.1 Å². The quantitative estimate of drug-likeness (QED) is 0.795. The van der Waals surface area contributed by atoms with Crippen LogP contribution >= 0.6 is 0 Å². The molecular formula is C14H19N3O4S. The van der Waals surface area contributed by atoms with Crippen LogP contribution in [0, 0.1) is 11.3 Å². The van der Waals surface area contributed by atoms with Crippen molar-refractivity contribution in [1.29, 1.82) is 5.26 Å². The SMILES string of the molecule is CC(C)(C)OC(=O)NCCNS(=O)(=O)c1ccc(C#N)cc1. The average Bonchev–Trinajstić information content (AvgIpc) is 2.42. The molecule has 1 amide bonds. The van der Waals surface area contributed by atoms with Gasteiger partial charge in [-0.05, 0) is 45.0 Å². The topological polar surface area (TPSA) is 108 Å². The lowest BCUT2D eigenvalue weighted by Crippen LogP contribution is -2.37. The van der Waals surface area contributed by atoms with Gasteiger partial charge in [0.1, 0.15) is 5.60 Å². The number of rotatable bonds is 5. The van der Waals surface area contributed by atoms with Crippen molar-refractivity contribution in [3.63, 3.8) is 0 Å². The van der Waals surface area contributed by atoms with E-state index in [0.717, 1.165) is 0 Å². The summed E-state index contributed by atoms with van der Waals surface area (Å²) in [5, 5.41) is 11.1. The normalized spacial score (nSPS) is 11.5. The van der Waals surface area contributed by atoms with E-state index in [9.17, 15) is 13.2 Å². The molecule has 1 rings (SSSR count). The van der Waals surface area contributed by atoms with Gasteiger partial charge in [0.05, 0.1) is 16.5 Å². The van der Waals surface area contributed by atoms with Crippen LogP contribution in [0.5, 0.6) is 0 Å². The number of hydrogen-bond donors (Lipinski definition) is 2. The van der Waals surface area contributed by atoms with Crippen LogP contribution in [-0.4, -0.2) is 33.2 Å². The maximum Gasteiger partial charge on any atom is 0.407 e. The van der Waals surface area contributed by atoms with Crippen LogP contribution in [0.1, 0.15) is 26.3 Å². The van der Waals surface area contributed by atoms with Crippen molar-refractivity contribution in [2.24, 2.45) is 0 Å². The Morgan fingerprint density at radius 1 is 1.23 bits per heavy atom. The van der Waals surface area contributed by atoms with Crippen molar-refractivity contribution in [1.82, 2.24) is 10.0 Å². The van der Waals surface area contributed by atoms with Crippen LogP contribution in [0.3, 0.4) is 0 Å². The first-order chi connectivity index (χ1) is 10.1. The van der Waals surface area contributed by atoms with Crippen molar-refractivity contribution in [2.45, 2.75) is 31.3 Å². The second kappa shape index (κ2) is 7.24. The van der Waals surface area contributed by atoms with Crippen LogP contribution in [-0.2, 0) is 14.8 Å². The van der Waals surface area contributed by atoms with E-state index in [1.165, 1.54) is 24.3 Å². The third-order valence-electron chi connectivity index (χ3n) is 2.38. The molecule has 0 spiro atoms. The predicted molar refractivity (Wildman–Crippen MR) is 80.6 cm³/mol. The van der Waals surface area contributed by atoms with Crippen molar-refractivity contribution in [2.75, 3.05) is 13.1 Å². The van der Waals surface area contributed by atoms with Crippen molar-refractivity contribution < 1.29 is 17.9 Å². The molecule has 0 saturated carbocycles. The highest BCUT2D eigenvalue weighted by Crippen LogP contribution is 2.09. The lowest BCUT2D eigenvalue weighted by atomic mass is 10.2. The number of amides is 1. The molecule has 120 valence electrons. The van der Waals surface area contributed by atoms with E-state index in [2.05, 4.69) is 10.0 Å². The molecule has 0 fully saturated rings. The average molecular weight is 325 g/mol. The Labute approximate surface area is 130 Å². The molecule has 0 atom stereocenters. The molecule has 0 bridgehead atoms. The first kappa shape index (κ1) is 17.9. The minimum atomic E-state index is -3.67. The fourth-order valence-corrected chi connectivity index (χ4v) is 2.49. The lowest BCUT2D eigenvalue weighted by Gasteiger charge is -2.19. The summed E-state index contributed by atoms with van der Waals surface area (Å²) in [6.45, 7) is 5.34. The Hall–Kier alpha value is -2.11. The summed E-state index contributed by atoms with van der Waals surface area (Å²) < 4.78 is 31.3. The van der Waals surface area contributed by atoms with E-state index in [4.69, 9.17) is 10.00 Å². The number of benzene rings is 1. The summed E-state index contributed by atoms with van der Waals surface area (Å²) in [4.78, 5) is 11.4. The van der Waals surface area contributed by atoms with Gasteiger partial charge in [0.2, 0.25) is 10.0 Å². The molecular weight excluding hydrogens is 306 g/mol. The number of nitrogens with zero attached hydrogens (tertiary/aromatic N) is 1. The zero-order chi connectivity index (χ0) is 16.8. The second-order valence-electron chi connectivity index (χ2n) is 5.46. The summed E-state index contributed by atoms with van der Waals surface area (Å²) in [6, 6.07) is 7.46. The standard InChI is InChI=1S/C14H19N3O4S/c1-14(2,3)21-13(18)16-8-9-17-22(19,20)12-6-4-11(10-15)5-7-12/h4-7,17H,8-9H2,1-3H3,(H,16,18). The van der Waals surface area contributed by atoms with E-state index in [0.29, 0.717) is 5.56 Å². The summed E-state index contributed by atoms with van der Waals surface area (Å²) in [7, 11) is -3.67. The first-order valence-corrected chi connectivity index (χ1v) is 8.09. The number of hydrogen-bond acceptors (Lipinski definition) is 5. The number of carbonyl (C=O) groups is 1. The molecule has 0 aliphatic rings. The number of alkyl carbamates (subject to hydrolysis) is 1. The van der Waals surface area contributed by atoms with E-state index in [1.54, 1.807) is 20.8 Å². The number of ether oxygens (including phenoxy) is 1. The number of carbonyl (C=O) groups excluding carboxylic acids is 1. The maximum atomic E-state index is 12.0. The highest BCUT2D eigenvalue weighted by molar-refractivity contribution is 7.89. The Balaban J connectivity index is 2.46. The predicted octanol–water partition coefficient (Wildman–Crippen LogP) is 1.36. The molecule has 1 aromatic carbocycles. The lowest BCUT2D eigenvalue weighted by molar-refractivity contribution is 0.0529. The summed E-state index contributed by atoms with van der Waals surface area (Å²) in [5.41, 5.74) is -0.225. The minimum absolute atomic E-state index is 0.0293. The van der Waals surface area contributed by atoms with Gasteiger partial charge in [-0.2, -0.15) is 5.26 Å². The maximum absolute atomic E-state index is 12.0. The van der Waals surface area contributed by atoms with E-state index in [-0.39, 0.29) is 18.0 Å². The molecule has 8 heteroatoms. The van der Waals surface area contributed by atoms with Gasteiger partial charge >= 0.3 is 6.09 Å². The van der Waals surface area contributed by atoms with Gasteiger partial charge in [0.25, 0.3) is 0 Å². The largest absolute Gasteiger partial charge is 0.444 e. The summed E-state index contributed by atoms with van der Waals surface area (Å²) in [5.74, 6) is 0. The second-order valence-corrected chi connectivity index (χ2v) is 7.23. The Kier molecular flexibility index (Phi) is 5.91. The first-order valence-electron chi connectivity index (χ1n) is 6.61. The zero-order valence-electron chi connectivity index (χ0n) is 12.7. The third kappa shape index (κ3) is 6.11. The molecule has 0 aliphatic carbocycles. The van der Waals surface area contributed by atoms with Gasteiger partial charge in [-0.25, -0.2) is 17.9 Å². The third-order valence-corrected chi connectivity index (χ3v) is 3.86. The fraction of sp³-hybridized carbons (Fsp3) is 0.429. The van der Waals surface area contributed by atoms with Gasteiger partial charge in [-0.3, -0.25) is 0 Å². The molecule has 7 nitrogen and oxygen atoms in total. The number of nitriles is 1. The smallest absolute Gasteiger partial charge is 0.407 e. The van der Waals surface area contributed by atoms with E-state index >= 15 is 0 Å². The van der Waals surface area contributed by atoms with Gasteiger partial charge in [-0.15, -0.1) is 0 Å². The fourth-order valence-electron chi connectivity index (χ4n) is 1.46. The van der Waals surface area contributed by atoms with Crippen LogP contribution in [0.15, 0.2) is 29.2 Å². The van der Waals surface area contributed by atoms with Crippen LogP contribution < -0.4 is 10.0 Å². The molecule has 0 saturated heterocycles. The molecule has 22 heavy (non-hydrogen) atoms. The van der Waals surface area contributed by atoms with E-state index < -0.39 is 21.7 Å². The zero-order valence-corrected chi connectivity index (χ0v) is 13.5. The monoisotopic (exact) mass is 325 g/mol. The van der Waals surface area contributed by atoms with Gasteiger partial charge in [-0.1, -0.05) is 0 Å². The Morgan fingerprint density at radius 2 is 1.82 bits per heavy atom. The molecule has 0 radical (unpaired) electrons. The molecule has 2 N–H and O–H groups in total. The Bertz CT molecular complexity index is 655. The molecule has 0 aromatic heterocycles. The van der Waals surface area contributed by atoms with Gasteiger partial charge < -0.3 is 10.1 Å². The molecule has 1 aromatic rings. The molecule has 0 heterocycles. The van der Waals surface area contributed by atoms with Crippen molar-refractivity contribution >= 4 is 16.1 Å². The molecule has 0 aliphatic heterocycles. The Morgan fingerprint density at radius 3 is 2.32 bits per heavy atom. The van der Waals surface area contributed by atoms with Crippen molar-refractivity contribution in [3.05, 3.63) is 29.8 Å². The summed E-state index contributed by atoms with van der Waals surface area (Å²) >= 11 is 0. The number of sulfonamides is 1. The van der Waals surface area contributed by atoms with Crippen LogP contribution in [0.4, 0.5) is 4.79 Å². The van der Waals surface area contributed by atoms with Crippen LogP contribution in [0.2, 0.25) is 0 Å². The highest BCUT2D eigenvalue weighted by atomic mass is 32.2. The number of nitrogens with one attached hydrogen (secondary N) is 2. The van der Waals surface area contributed by atoms with E-state index in [1.807, 2.05) is 6.07 Å². The summed E-state index contributed by atoms with van der Waals surface area (Å²) in [6.07, 6.45) is -0.606. The van der Waals surface area contributed by atoms with Crippen LogP contribution in [0.25, 0.3) is 0 Å². The van der Waals surface area contributed by atoms with Gasteiger partial charge in [0.15, 0.2) is 0 Å². The molecule has 0 unspecified atom stereocenters.